The first-order valence-electron chi connectivity index (χ1n) is 5.81. The van der Waals surface area contributed by atoms with Crippen LogP contribution in [-0.4, -0.2) is 5.91 Å². The van der Waals surface area contributed by atoms with Crippen LogP contribution in [0.2, 0.25) is 5.02 Å². The number of nitrogens with one attached hydrogen (secondary N) is 1. The maximum Gasteiger partial charge on any atom is 0.258 e. The molecule has 0 atom stereocenters. The molecule has 0 spiro atoms. The van der Waals surface area contributed by atoms with E-state index < -0.39 is 28.8 Å². The van der Waals surface area contributed by atoms with Gasteiger partial charge in [0.15, 0.2) is 5.82 Å². The maximum atomic E-state index is 13.8. The molecule has 21 heavy (non-hydrogen) atoms. The summed E-state index contributed by atoms with van der Waals surface area (Å²) in [6.45, 7) is 1.80. The number of benzene rings is 2. The van der Waals surface area contributed by atoms with Crippen LogP contribution in [0.4, 0.5) is 20.2 Å². The van der Waals surface area contributed by atoms with Gasteiger partial charge < -0.3 is 11.1 Å². The van der Waals surface area contributed by atoms with Crippen molar-refractivity contribution in [3.8, 4) is 0 Å². The molecular formula is C14H10BrClF2N2O. The normalized spacial score (nSPS) is 10.5. The highest BCUT2D eigenvalue weighted by Gasteiger charge is 2.17. The molecule has 0 radical (unpaired) electrons. The molecule has 3 N–H and O–H groups in total. The lowest BCUT2D eigenvalue weighted by molar-refractivity contribution is 0.102. The van der Waals surface area contributed by atoms with Crippen LogP contribution in [0.1, 0.15) is 15.9 Å². The molecule has 0 saturated heterocycles. The van der Waals surface area contributed by atoms with E-state index in [2.05, 4.69) is 21.2 Å². The molecule has 2 aromatic rings. The van der Waals surface area contributed by atoms with Crippen molar-refractivity contribution >= 4 is 44.8 Å². The number of hydrogen-bond donors (Lipinski definition) is 2. The SMILES string of the molecule is Cc1cc(Br)c(NC(=O)c2cc(F)cc(N)c2F)cc1Cl. The second-order valence-electron chi connectivity index (χ2n) is 4.39. The standard InChI is InChI=1S/C14H10BrClF2N2O/c1-6-2-9(15)12(5-10(6)16)20-14(21)8-3-7(17)4-11(19)13(8)18/h2-5H,19H2,1H3,(H,20,21). The molecule has 2 aromatic carbocycles. The summed E-state index contributed by atoms with van der Waals surface area (Å²) in [5, 5.41) is 2.90. The van der Waals surface area contributed by atoms with E-state index in [1.165, 1.54) is 6.07 Å². The van der Waals surface area contributed by atoms with Gasteiger partial charge in [-0.25, -0.2) is 8.78 Å². The highest BCUT2D eigenvalue weighted by molar-refractivity contribution is 9.10. The van der Waals surface area contributed by atoms with Crippen molar-refractivity contribution in [2.45, 2.75) is 6.92 Å². The highest BCUT2D eigenvalue weighted by Crippen LogP contribution is 2.30. The third kappa shape index (κ3) is 3.33. The summed E-state index contributed by atoms with van der Waals surface area (Å²) < 4.78 is 27.6. The number of halogens is 4. The molecule has 0 bridgehead atoms. The Balaban J connectivity index is 2.37. The molecule has 0 aromatic heterocycles. The summed E-state index contributed by atoms with van der Waals surface area (Å²) in [5.74, 6) is -2.58. The molecular weight excluding hydrogens is 366 g/mol. The molecule has 0 fully saturated rings. The summed E-state index contributed by atoms with van der Waals surface area (Å²) in [7, 11) is 0. The molecule has 0 saturated carbocycles. The van der Waals surface area contributed by atoms with Gasteiger partial charge in [-0.2, -0.15) is 0 Å². The minimum atomic E-state index is -0.969. The Morgan fingerprint density at radius 2 is 1.95 bits per heavy atom. The number of aryl methyl sites for hydroxylation is 1. The van der Waals surface area contributed by atoms with Gasteiger partial charge in [-0.05, 0) is 52.7 Å². The number of carbonyl (C=O) groups is 1. The Morgan fingerprint density at radius 1 is 1.29 bits per heavy atom. The molecule has 2 rings (SSSR count). The molecule has 0 unspecified atom stereocenters. The van der Waals surface area contributed by atoms with Gasteiger partial charge in [0, 0.05) is 9.50 Å². The zero-order valence-electron chi connectivity index (χ0n) is 10.8. The zero-order chi connectivity index (χ0) is 15.7. The molecule has 0 aliphatic heterocycles. The Bertz CT molecular complexity index is 737. The predicted octanol–water partition coefficient (Wildman–Crippen LogP) is 4.52. The first-order valence-corrected chi connectivity index (χ1v) is 6.98. The summed E-state index contributed by atoms with van der Waals surface area (Å²) >= 11 is 9.23. The smallest absolute Gasteiger partial charge is 0.258 e. The Morgan fingerprint density at radius 3 is 2.62 bits per heavy atom. The van der Waals surface area contributed by atoms with Crippen LogP contribution < -0.4 is 11.1 Å². The maximum absolute atomic E-state index is 13.8. The lowest BCUT2D eigenvalue weighted by Crippen LogP contribution is -2.15. The Hall–Kier alpha value is -1.66. The van der Waals surface area contributed by atoms with Crippen molar-refractivity contribution in [2.75, 3.05) is 11.1 Å². The van der Waals surface area contributed by atoms with E-state index >= 15 is 0 Å². The summed E-state index contributed by atoms with van der Waals surface area (Å²) in [6, 6.07) is 4.81. The van der Waals surface area contributed by atoms with Crippen molar-refractivity contribution in [2.24, 2.45) is 0 Å². The molecule has 0 heterocycles. The van der Waals surface area contributed by atoms with E-state index in [1.54, 1.807) is 13.0 Å². The second kappa shape index (κ2) is 5.99. The van der Waals surface area contributed by atoms with E-state index in [4.69, 9.17) is 17.3 Å². The topological polar surface area (TPSA) is 55.1 Å². The lowest BCUT2D eigenvalue weighted by atomic mass is 10.1. The van der Waals surface area contributed by atoms with Gasteiger partial charge in [0.25, 0.3) is 5.91 Å². The summed E-state index contributed by atoms with van der Waals surface area (Å²) in [5.41, 5.74) is 5.55. The van der Waals surface area contributed by atoms with E-state index in [1.807, 2.05) is 0 Å². The molecule has 110 valence electrons. The number of anilines is 2. The number of hydrogen-bond acceptors (Lipinski definition) is 2. The highest BCUT2D eigenvalue weighted by atomic mass is 79.9. The molecule has 3 nitrogen and oxygen atoms in total. The Kier molecular flexibility index (Phi) is 4.49. The second-order valence-corrected chi connectivity index (χ2v) is 5.65. The van der Waals surface area contributed by atoms with Crippen molar-refractivity contribution < 1.29 is 13.6 Å². The van der Waals surface area contributed by atoms with Crippen LogP contribution in [0.25, 0.3) is 0 Å². The quantitative estimate of drug-likeness (QED) is 0.758. The number of nitrogen functional groups attached to an aromatic ring is 1. The minimum Gasteiger partial charge on any atom is -0.396 e. The average Bonchev–Trinajstić information content (AvgIpc) is 2.40. The fourth-order valence-corrected chi connectivity index (χ4v) is 2.43. The van der Waals surface area contributed by atoms with Crippen LogP contribution in [-0.2, 0) is 0 Å². The van der Waals surface area contributed by atoms with E-state index in [9.17, 15) is 13.6 Å². The molecule has 0 aliphatic rings. The van der Waals surface area contributed by atoms with Gasteiger partial charge in [-0.15, -0.1) is 0 Å². The zero-order valence-corrected chi connectivity index (χ0v) is 13.1. The summed E-state index contributed by atoms with van der Waals surface area (Å²) in [4.78, 5) is 12.1. The summed E-state index contributed by atoms with van der Waals surface area (Å²) in [6.07, 6.45) is 0. The van der Waals surface area contributed by atoms with Gasteiger partial charge in [0.1, 0.15) is 5.82 Å². The van der Waals surface area contributed by atoms with Crippen molar-refractivity contribution in [3.05, 3.63) is 56.5 Å². The van der Waals surface area contributed by atoms with E-state index in [-0.39, 0.29) is 0 Å². The number of amides is 1. The van der Waals surface area contributed by atoms with Gasteiger partial charge in [0.05, 0.1) is 16.9 Å². The molecule has 7 heteroatoms. The fourth-order valence-electron chi connectivity index (χ4n) is 1.71. The molecule has 1 amide bonds. The van der Waals surface area contributed by atoms with Gasteiger partial charge in [-0.3, -0.25) is 4.79 Å². The van der Waals surface area contributed by atoms with Crippen molar-refractivity contribution in [3.63, 3.8) is 0 Å². The van der Waals surface area contributed by atoms with Gasteiger partial charge in [-0.1, -0.05) is 11.6 Å². The van der Waals surface area contributed by atoms with E-state index in [0.29, 0.717) is 15.2 Å². The lowest BCUT2D eigenvalue weighted by Gasteiger charge is -2.11. The van der Waals surface area contributed by atoms with Crippen LogP contribution in [0.5, 0.6) is 0 Å². The van der Waals surface area contributed by atoms with Gasteiger partial charge >= 0.3 is 0 Å². The van der Waals surface area contributed by atoms with Crippen LogP contribution in [0.15, 0.2) is 28.7 Å². The first-order chi connectivity index (χ1) is 9.79. The number of rotatable bonds is 2. The average molecular weight is 376 g/mol. The van der Waals surface area contributed by atoms with Crippen molar-refractivity contribution in [1.82, 2.24) is 0 Å². The van der Waals surface area contributed by atoms with E-state index in [0.717, 1.165) is 17.7 Å². The molecule has 0 aliphatic carbocycles. The fraction of sp³-hybridized carbons (Fsp3) is 0.0714. The van der Waals surface area contributed by atoms with Crippen LogP contribution in [0.3, 0.4) is 0 Å². The number of carbonyl (C=O) groups excluding carboxylic acids is 1. The third-order valence-electron chi connectivity index (χ3n) is 2.81. The largest absolute Gasteiger partial charge is 0.396 e. The Labute approximate surface area is 133 Å². The first kappa shape index (κ1) is 15.7. The van der Waals surface area contributed by atoms with Crippen molar-refractivity contribution in [1.29, 1.82) is 0 Å². The van der Waals surface area contributed by atoms with Crippen LogP contribution >= 0.6 is 27.5 Å². The minimum absolute atomic E-state index is 0.345. The predicted molar refractivity (Wildman–Crippen MR) is 82.6 cm³/mol. The third-order valence-corrected chi connectivity index (χ3v) is 3.87. The van der Waals surface area contributed by atoms with Gasteiger partial charge in [0.2, 0.25) is 0 Å². The number of nitrogens with two attached hydrogens (primary N) is 1. The monoisotopic (exact) mass is 374 g/mol. The van der Waals surface area contributed by atoms with Crippen LogP contribution in [0, 0.1) is 18.6 Å².